The summed E-state index contributed by atoms with van der Waals surface area (Å²) >= 11 is 6.14. The minimum atomic E-state index is 0.333. The van der Waals surface area contributed by atoms with Crippen LogP contribution >= 0.6 is 11.6 Å². The first-order valence-electron chi connectivity index (χ1n) is 5.73. The Bertz CT molecular complexity index is 382. The van der Waals surface area contributed by atoms with Gasteiger partial charge in [-0.05, 0) is 38.6 Å². The van der Waals surface area contributed by atoms with Gasteiger partial charge in [0.05, 0.1) is 7.11 Å². The molecule has 0 aliphatic carbocycles. The van der Waals surface area contributed by atoms with Crippen LogP contribution in [0.5, 0.6) is 5.75 Å². The molecule has 0 aliphatic rings. The summed E-state index contributed by atoms with van der Waals surface area (Å²) in [6.45, 7) is 5.49. The second kappa shape index (κ2) is 6.24. The molecule has 96 valence electrons. The predicted octanol–water partition coefficient (Wildman–Crippen LogP) is 2.44. The number of aryl methyl sites for hydroxylation is 1. The number of nitrogens with two attached hydrogens (primary N) is 1. The molecule has 0 aromatic heterocycles. The highest BCUT2D eigenvalue weighted by atomic mass is 35.5. The third kappa shape index (κ3) is 3.60. The van der Waals surface area contributed by atoms with Gasteiger partial charge in [-0.2, -0.15) is 0 Å². The third-order valence-electron chi connectivity index (χ3n) is 3.07. The molecule has 0 bridgehead atoms. The van der Waals surface area contributed by atoms with E-state index in [1.165, 1.54) is 0 Å². The lowest BCUT2D eigenvalue weighted by Gasteiger charge is -2.24. The molecular weight excluding hydrogens is 236 g/mol. The SMILES string of the molecule is COc1cc(C)c(Cl)cc1CN(C)C(C)CN. The lowest BCUT2D eigenvalue weighted by Crippen LogP contribution is -2.34. The molecule has 1 aromatic carbocycles. The van der Waals surface area contributed by atoms with Crippen LogP contribution in [0, 0.1) is 6.92 Å². The van der Waals surface area contributed by atoms with Crippen LogP contribution in [0.4, 0.5) is 0 Å². The first-order chi connectivity index (χ1) is 7.99. The van der Waals surface area contributed by atoms with Gasteiger partial charge in [-0.3, -0.25) is 4.90 Å². The maximum absolute atomic E-state index is 6.14. The van der Waals surface area contributed by atoms with Gasteiger partial charge in [0.2, 0.25) is 0 Å². The maximum Gasteiger partial charge on any atom is 0.123 e. The minimum absolute atomic E-state index is 0.333. The Balaban J connectivity index is 2.93. The largest absolute Gasteiger partial charge is 0.496 e. The fraction of sp³-hybridized carbons (Fsp3) is 0.538. The zero-order valence-electron chi connectivity index (χ0n) is 11.0. The highest BCUT2D eigenvalue weighted by Gasteiger charge is 2.12. The van der Waals surface area contributed by atoms with Crippen molar-refractivity contribution in [2.45, 2.75) is 26.4 Å². The van der Waals surface area contributed by atoms with Crippen LogP contribution in [-0.2, 0) is 6.54 Å². The van der Waals surface area contributed by atoms with Crippen LogP contribution in [0.25, 0.3) is 0 Å². The van der Waals surface area contributed by atoms with Crippen molar-refractivity contribution in [2.75, 3.05) is 20.7 Å². The van der Waals surface area contributed by atoms with Crippen molar-refractivity contribution in [3.63, 3.8) is 0 Å². The number of ether oxygens (including phenoxy) is 1. The van der Waals surface area contributed by atoms with Gasteiger partial charge in [0.25, 0.3) is 0 Å². The molecular formula is C13H21ClN2O. The molecule has 0 amide bonds. The smallest absolute Gasteiger partial charge is 0.123 e. The van der Waals surface area contributed by atoms with E-state index in [1.807, 2.05) is 26.1 Å². The summed E-state index contributed by atoms with van der Waals surface area (Å²) < 4.78 is 5.38. The Morgan fingerprint density at radius 1 is 1.47 bits per heavy atom. The zero-order chi connectivity index (χ0) is 13.0. The summed E-state index contributed by atoms with van der Waals surface area (Å²) in [6.07, 6.45) is 0. The Morgan fingerprint density at radius 3 is 2.65 bits per heavy atom. The molecule has 0 fully saturated rings. The highest BCUT2D eigenvalue weighted by molar-refractivity contribution is 6.31. The molecule has 4 heteroatoms. The fourth-order valence-corrected chi connectivity index (χ4v) is 1.80. The lowest BCUT2D eigenvalue weighted by atomic mass is 10.1. The molecule has 0 saturated carbocycles. The lowest BCUT2D eigenvalue weighted by molar-refractivity contribution is 0.251. The molecule has 0 aliphatic heterocycles. The molecule has 1 atom stereocenters. The molecule has 1 unspecified atom stereocenters. The van der Waals surface area contributed by atoms with E-state index in [1.54, 1.807) is 7.11 Å². The average Bonchev–Trinajstić information content (AvgIpc) is 2.32. The Labute approximate surface area is 109 Å². The van der Waals surface area contributed by atoms with Gasteiger partial charge in [-0.15, -0.1) is 0 Å². The molecule has 1 rings (SSSR count). The molecule has 3 nitrogen and oxygen atoms in total. The van der Waals surface area contributed by atoms with E-state index in [0.29, 0.717) is 12.6 Å². The van der Waals surface area contributed by atoms with Crippen LogP contribution in [0.2, 0.25) is 5.02 Å². The topological polar surface area (TPSA) is 38.5 Å². The number of likely N-dealkylation sites (N-methyl/N-ethyl adjacent to an activating group) is 1. The fourth-order valence-electron chi connectivity index (χ4n) is 1.61. The van der Waals surface area contributed by atoms with Gasteiger partial charge in [0.1, 0.15) is 5.75 Å². The number of hydrogen-bond donors (Lipinski definition) is 1. The number of nitrogens with zero attached hydrogens (tertiary/aromatic N) is 1. The van der Waals surface area contributed by atoms with Crippen molar-refractivity contribution >= 4 is 11.6 Å². The number of rotatable bonds is 5. The minimum Gasteiger partial charge on any atom is -0.496 e. The average molecular weight is 257 g/mol. The van der Waals surface area contributed by atoms with Gasteiger partial charge in [0.15, 0.2) is 0 Å². The summed E-state index contributed by atoms with van der Waals surface area (Å²) in [4.78, 5) is 2.18. The van der Waals surface area contributed by atoms with Gasteiger partial charge in [0, 0.05) is 29.7 Å². The monoisotopic (exact) mass is 256 g/mol. The van der Waals surface area contributed by atoms with E-state index >= 15 is 0 Å². The molecule has 0 heterocycles. The van der Waals surface area contributed by atoms with Crippen LogP contribution in [-0.4, -0.2) is 31.6 Å². The molecule has 17 heavy (non-hydrogen) atoms. The predicted molar refractivity (Wildman–Crippen MR) is 72.7 cm³/mol. The zero-order valence-corrected chi connectivity index (χ0v) is 11.7. The summed E-state index contributed by atoms with van der Waals surface area (Å²) in [7, 11) is 3.73. The van der Waals surface area contributed by atoms with Crippen LogP contribution in [0.15, 0.2) is 12.1 Å². The summed E-state index contributed by atoms with van der Waals surface area (Å²) in [5, 5.41) is 0.773. The van der Waals surface area contributed by atoms with Crippen molar-refractivity contribution in [1.82, 2.24) is 4.90 Å². The second-order valence-corrected chi connectivity index (χ2v) is 4.82. The van der Waals surface area contributed by atoms with Crippen molar-refractivity contribution in [1.29, 1.82) is 0 Å². The summed E-state index contributed by atoms with van der Waals surface area (Å²) in [5.74, 6) is 0.878. The molecule has 1 aromatic rings. The van der Waals surface area contributed by atoms with Crippen LogP contribution in [0.1, 0.15) is 18.1 Å². The van der Waals surface area contributed by atoms with E-state index in [4.69, 9.17) is 22.1 Å². The van der Waals surface area contributed by atoms with Gasteiger partial charge >= 0.3 is 0 Å². The number of halogens is 1. The van der Waals surface area contributed by atoms with Crippen molar-refractivity contribution in [2.24, 2.45) is 5.73 Å². The van der Waals surface area contributed by atoms with E-state index in [-0.39, 0.29) is 0 Å². The van der Waals surface area contributed by atoms with Crippen LogP contribution in [0.3, 0.4) is 0 Å². The summed E-state index contributed by atoms with van der Waals surface area (Å²) in [6, 6.07) is 4.27. The van der Waals surface area contributed by atoms with Crippen molar-refractivity contribution in [3.8, 4) is 5.75 Å². The quantitative estimate of drug-likeness (QED) is 0.880. The third-order valence-corrected chi connectivity index (χ3v) is 3.48. The normalized spacial score (nSPS) is 12.9. The Morgan fingerprint density at radius 2 is 2.12 bits per heavy atom. The Kier molecular flexibility index (Phi) is 5.25. The van der Waals surface area contributed by atoms with Crippen molar-refractivity contribution in [3.05, 3.63) is 28.3 Å². The molecule has 2 N–H and O–H groups in total. The van der Waals surface area contributed by atoms with Crippen molar-refractivity contribution < 1.29 is 4.74 Å². The van der Waals surface area contributed by atoms with Crippen LogP contribution < -0.4 is 10.5 Å². The Hall–Kier alpha value is -0.770. The number of benzene rings is 1. The standard InChI is InChI=1S/C13H21ClN2O/c1-9-5-13(17-4)11(6-12(9)14)8-16(3)10(2)7-15/h5-6,10H,7-8,15H2,1-4H3. The van der Waals surface area contributed by atoms with Gasteiger partial charge in [-0.25, -0.2) is 0 Å². The highest BCUT2D eigenvalue weighted by Crippen LogP contribution is 2.27. The van der Waals surface area contributed by atoms with Gasteiger partial charge in [-0.1, -0.05) is 11.6 Å². The number of hydrogen-bond acceptors (Lipinski definition) is 3. The van der Waals surface area contributed by atoms with E-state index in [0.717, 1.165) is 28.4 Å². The van der Waals surface area contributed by atoms with E-state index in [9.17, 15) is 0 Å². The van der Waals surface area contributed by atoms with E-state index < -0.39 is 0 Å². The number of methoxy groups -OCH3 is 1. The first kappa shape index (κ1) is 14.3. The second-order valence-electron chi connectivity index (χ2n) is 4.41. The van der Waals surface area contributed by atoms with E-state index in [2.05, 4.69) is 11.8 Å². The summed E-state index contributed by atoms with van der Waals surface area (Å²) in [5.41, 5.74) is 7.77. The molecule has 0 radical (unpaired) electrons. The molecule has 0 spiro atoms. The first-order valence-corrected chi connectivity index (χ1v) is 6.10. The maximum atomic E-state index is 6.14. The van der Waals surface area contributed by atoms with Gasteiger partial charge < -0.3 is 10.5 Å². The molecule has 0 saturated heterocycles.